The van der Waals surface area contributed by atoms with Crippen LogP contribution in [0.4, 0.5) is 10.5 Å². The Labute approximate surface area is 212 Å². The molecule has 1 unspecified atom stereocenters. The number of nitrogens with one attached hydrogen (secondary N) is 1. The third-order valence-electron chi connectivity index (χ3n) is 6.31. The Morgan fingerprint density at radius 1 is 1.11 bits per heavy atom. The highest BCUT2D eigenvalue weighted by atomic mass is 35.5. The van der Waals surface area contributed by atoms with Gasteiger partial charge in [-0.25, -0.2) is 4.79 Å². The van der Waals surface area contributed by atoms with Crippen molar-refractivity contribution in [2.24, 2.45) is 0 Å². The van der Waals surface area contributed by atoms with Crippen molar-refractivity contribution in [3.63, 3.8) is 0 Å². The first-order valence-corrected chi connectivity index (χ1v) is 11.7. The molecule has 0 bridgehead atoms. The molecule has 2 N–H and O–H groups in total. The minimum atomic E-state index is -0.774. The van der Waals surface area contributed by atoms with E-state index in [1.54, 1.807) is 25.1 Å². The predicted molar refractivity (Wildman–Crippen MR) is 135 cm³/mol. The Hall–Kier alpha value is -4.28. The number of carboxylic acid groups (broad SMARTS) is 1. The Bertz CT molecular complexity index is 1540. The molecule has 7 nitrogen and oxygen atoms in total. The number of benzene rings is 3. The molecule has 180 valence electrons. The van der Waals surface area contributed by atoms with E-state index in [0.717, 1.165) is 21.9 Å². The van der Waals surface area contributed by atoms with Crippen molar-refractivity contribution < 1.29 is 24.0 Å². The van der Waals surface area contributed by atoms with E-state index in [9.17, 15) is 14.7 Å². The number of aromatic nitrogens is 1. The fourth-order valence-corrected chi connectivity index (χ4v) is 4.38. The van der Waals surface area contributed by atoms with Gasteiger partial charge in [0.1, 0.15) is 18.1 Å². The summed E-state index contributed by atoms with van der Waals surface area (Å²) >= 11 is 6.17. The van der Waals surface area contributed by atoms with Crippen molar-refractivity contribution in [1.82, 2.24) is 5.16 Å². The smallest absolute Gasteiger partial charge is 0.412 e. The Morgan fingerprint density at radius 2 is 1.86 bits per heavy atom. The molecule has 5 rings (SSSR count). The first kappa shape index (κ1) is 23.5. The molecule has 1 aromatic heterocycles. The molecule has 0 aliphatic heterocycles. The largest absolute Gasteiger partial charge is 0.481 e. The van der Waals surface area contributed by atoms with Crippen LogP contribution in [0.1, 0.15) is 48.3 Å². The molecule has 1 fully saturated rings. The zero-order chi connectivity index (χ0) is 25.3. The van der Waals surface area contributed by atoms with Gasteiger partial charge in [-0.1, -0.05) is 65.1 Å². The van der Waals surface area contributed by atoms with E-state index in [1.165, 1.54) is 6.26 Å². The zero-order valence-corrected chi connectivity index (χ0v) is 20.0. The number of aliphatic carboxylic acids is 1. The van der Waals surface area contributed by atoms with E-state index in [1.807, 2.05) is 42.5 Å². The summed E-state index contributed by atoms with van der Waals surface area (Å²) < 4.78 is 10.4. The van der Waals surface area contributed by atoms with E-state index >= 15 is 0 Å². The fourth-order valence-electron chi connectivity index (χ4n) is 4.09. The molecule has 4 aromatic rings. The van der Waals surface area contributed by atoms with Crippen molar-refractivity contribution in [3.05, 3.63) is 94.3 Å². The monoisotopic (exact) mass is 500 g/mol. The highest BCUT2D eigenvalue weighted by Crippen LogP contribution is 2.49. The maximum Gasteiger partial charge on any atom is 0.412 e. The van der Waals surface area contributed by atoms with E-state index < -0.39 is 23.6 Å². The van der Waals surface area contributed by atoms with Crippen LogP contribution < -0.4 is 5.32 Å². The second kappa shape index (κ2) is 9.40. The molecular formula is C28H21ClN2O5. The average molecular weight is 501 g/mol. The third kappa shape index (κ3) is 4.64. The van der Waals surface area contributed by atoms with E-state index in [2.05, 4.69) is 22.3 Å². The molecule has 8 heteroatoms. The summed E-state index contributed by atoms with van der Waals surface area (Å²) in [5, 5.41) is 18.4. The quantitative estimate of drug-likeness (QED) is 0.311. The van der Waals surface area contributed by atoms with Crippen LogP contribution in [0.2, 0.25) is 5.02 Å². The van der Waals surface area contributed by atoms with Crippen molar-refractivity contribution in [2.75, 3.05) is 5.32 Å². The molecule has 1 saturated carbocycles. The van der Waals surface area contributed by atoms with Crippen LogP contribution in [0.5, 0.6) is 0 Å². The topological polar surface area (TPSA) is 102 Å². The van der Waals surface area contributed by atoms with Gasteiger partial charge >= 0.3 is 12.1 Å². The van der Waals surface area contributed by atoms with Gasteiger partial charge in [-0.2, -0.15) is 0 Å². The number of fused-ring (bicyclic) bond motifs is 1. The summed E-state index contributed by atoms with van der Waals surface area (Å²) in [7, 11) is 0. The van der Waals surface area contributed by atoms with Crippen LogP contribution >= 0.6 is 11.6 Å². The van der Waals surface area contributed by atoms with Gasteiger partial charge in [0.25, 0.3) is 0 Å². The molecule has 1 heterocycles. The highest BCUT2D eigenvalue weighted by molar-refractivity contribution is 6.31. The predicted octanol–water partition coefficient (Wildman–Crippen LogP) is 6.31. The number of carboxylic acids is 1. The normalized spacial score (nSPS) is 14.4. The molecule has 36 heavy (non-hydrogen) atoms. The summed E-state index contributed by atoms with van der Waals surface area (Å²) in [6.45, 7) is 1.73. The number of carbonyl (C=O) groups is 2. The Morgan fingerprint density at radius 3 is 2.61 bits per heavy atom. The second-order valence-corrected chi connectivity index (χ2v) is 9.09. The minimum absolute atomic E-state index is 0.255. The summed E-state index contributed by atoms with van der Waals surface area (Å²) in [6.07, 6.45) is 1.36. The number of anilines is 1. The maximum absolute atomic E-state index is 12.4. The van der Waals surface area contributed by atoms with Crippen LogP contribution in [0, 0.1) is 11.8 Å². The van der Waals surface area contributed by atoms with Crippen molar-refractivity contribution in [3.8, 4) is 11.8 Å². The molecule has 1 aliphatic carbocycles. The van der Waals surface area contributed by atoms with Gasteiger partial charge in [-0.05, 0) is 60.2 Å². The van der Waals surface area contributed by atoms with Gasteiger partial charge < -0.3 is 14.4 Å². The first-order chi connectivity index (χ1) is 17.4. The van der Waals surface area contributed by atoms with E-state index in [0.29, 0.717) is 23.4 Å². The Balaban J connectivity index is 1.29. The number of amides is 1. The third-order valence-corrected chi connectivity index (χ3v) is 6.66. The number of nitrogens with zero attached hydrogens (tertiary/aromatic N) is 1. The zero-order valence-electron chi connectivity index (χ0n) is 19.2. The lowest BCUT2D eigenvalue weighted by atomic mass is 9.93. The molecule has 1 amide bonds. The standard InChI is InChI=1S/C28H21ClN2O5/c1-17(22-4-2-3-5-23(22)29)36-27(34)30-25-16-35-31-24(25)11-7-18-6-8-20-15-21(10-9-19(20)14-18)28(12-13-28)26(32)33/h2-6,8-10,14-17H,12-13H2,1H3,(H,30,34)(H,32,33). The van der Waals surface area contributed by atoms with Crippen LogP contribution in [0.25, 0.3) is 10.8 Å². The fraction of sp³-hybridized carbons (Fsp3) is 0.179. The van der Waals surface area contributed by atoms with Crippen LogP contribution in [0.15, 0.2) is 71.4 Å². The van der Waals surface area contributed by atoms with Crippen molar-refractivity contribution in [1.29, 1.82) is 0 Å². The number of carbonyl (C=O) groups excluding carboxylic acids is 1. The van der Waals surface area contributed by atoms with Crippen LogP contribution in [0.3, 0.4) is 0 Å². The van der Waals surface area contributed by atoms with Gasteiger partial charge in [-0.3, -0.25) is 10.1 Å². The average Bonchev–Trinajstić information content (AvgIpc) is 3.57. The minimum Gasteiger partial charge on any atom is -0.481 e. The SMILES string of the molecule is CC(OC(=O)Nc1conc1C#Cc1ccc2cc(C3(C(=O)O)CC3)ccc2c1)c1ccccc1Cl. The Kier molecular flexibility index (Phi) is 6.13. The number of hydrogen-bond donors (Lipinski definition) is 2. The molecule has 1 atom stereocenters. The van der Waals surface area contributed by atoms with Gasteiger partial charge in [0.2, 0.25) is 0 Å². The lowest BCUT2D eigenvalue weighted by Crippen LogP contribution is -2.19. The van der Waals surface area contributed by atoms with E-state index in [4.69, 9.17) is 20.9 Å². The van der Waals surface area contributed by atoms with Gasteiger partial charge in [0.15, 0.2) is 5.69 Å². The number of rotatable bonds is 5. The molecular weight excluding hydrogens is 480 g/mol. The van der Waals surface area contributed by atoms with Gasteiger partial charge in [-0.15, -0.1) is 0 Å². The lowest BCUT2D eigenvalue weighted by molar-refractivity contribution is -0.140. The lowest BCUT2D eigenvalue weighted by Gasteiger charge is -2.14. The molecule has 1 aliphatic rings. The first-order valence-electron chi connectivity index (χ1n) is 11.3. The van der Waals surface area contributed by atoms with Crippen LogP contribution in [-0.2, 0) is 14.9 Å². The summed E-state index contributed by atoms with van der Waals surface area (Å²) in [4.78, 5) is 24.0. The van der Waals surface area contributed by atoms with Crippen molar-refractivity contribution >= 4 is 40.1 Å². The van der Waals surface area contributed by atoms with Gasteiger partial charge in [0.05, 0.1) is 5.41 Å². The maximum atomic E-state index is 12.4. The van der Waals surface area contributed by atoms with Crippen molar-refractivity contribution in [2.45, 2.75) is 31.3 Å². The number of ether oxygens (including phenoxy) is 1. The number of halogens is 1. The molecule has 0 spiro atoms. The highest BCUT2D eigenvalue weighted by Gasteiger charge is 2.51. The second-order valence-electron chi connectivity index (χ2n) is 8.68. The molecule has 3 aromatic carbocycles. The summed E-state index contributed by atoms with van der Waals surface area (Å²) in [5.74, 6) is 5.16. The summed E-state index contributed by atoms with van der Waals surface area (Å²) in [5.41, 5.74) is 2.06. The summed E-state index contributed by atoms with van der Waals surface area (Å²) in [6, 6.07) is 18.5. The number of hydrogen-bond acceptors (Lipinski definition) is 5. The van der Waals surface area contributed by atoms with E-state index in [-0.39, 0.29) is 11.4 Å². The molecule has 0 saturated heterocycles. The molecule has 0 radical (unpaired) electrons. The van der Waals surface area contributed by atoms with Gasteiger partial charge in [0, 0.05) is 16.1 Å². The van der Waals surface area contributed by atoms with Crippen LogP contribution in [-0.4, -0.2) is 22.3 Å².